The molecule has 0 aliphatic carbocycles. The van der Waals surface area contributed by atoms with Crippen molar-refractivity contribution in [2.45, 2.75) is 26.8 Å². The van der Waals surface area contributed by atoms with Crippen LogP contribution in [0.15, 0.2) is 65.6 Å². The van der Waals surface area contributed by atoms with Crippen molar-refractivity contribution in [1.82, 2.24) is 9.80 Å². The summed E-state index contributed by atoms with van der Waals surface area (Å²) in [5.41, 5.74) is 5.59. The van der Waals surface area contributed by atoms with Gasteiger partial charge in [0.25, 0.3) is 17.1 Å². The fourth-order valence-corrected chi connectivity index (χ4v) is 5.66. The molecule has 0 spiro atoms. The molecule has 10 heteroatoms. The number of nitrogens with zero attached hydrogens (tertiary/aromatic N) is 2. The van der Waals surface area contributed by atoms with Crippen LogP contribution in [0.5, 0.6) is 11.5 Å². The zero-order valence-electron chi connectivity index (χ0n) is 23.6. The van der Waals surface area contributed by atoms with Crippen molar-refractivity contribution in [2.24, 2.45) is 0 Å². The van der Waals surface area contributed by atoms with Gasteiger partial charge in [-0.2, -0.15) is 0 Å². The Hall–Kier alpha value is -4.57. The molecule has 0 saturated carbocycles. The number of methoxy groups -OCH3 is 1. The van der Waals surface area contributed by atoms with Gasteiger partial charge in [-0.25, -0.2) is 0 Å². The number of imide groups is 1. The minimum Gasteiger partial charge on any atom is -0.493 e. The Bertz CT molecular complexity index is 1600. The maximum atomic E-state index is 13.1. The quantitative estimate of drug-likeness (QED) is 0.373. The SMILES string of the molecule is COc1cc(C=C2SC(=O)N(CC(=O)N3CCc4ccccc4C3)C2=O)ccc1OCC(=O)Nc1cc(C)ccc1C. The number of hydrogen-bond acceptors (Lipinski definition) is 7. The molecular weight excluding hydrogens is 554 g/mol. The Morgan fingerprint density at radius 3 is 2.57 bits per heavy atom. The van der Waals surface area contributed by atoms with E-state index in [2.05, 4.69) is 11.4 Å². The van der Waals surface area contributed by atoms with Crippen LogP contribution >= 0.6 is 11.8 Å². The number of rotatable bonds is 8. The predicted octanol–water partition coefficient (Wildman–Crippen LogP) is 4.95. The molecular formula is C32H31N3O6S. The van der Waals surface area contributed by atoms with Crippen molar-refractivity contribution in [3.63, 3.8) is 0 Å². The van der Waals surface area contributed by atoms with Crippen LogP contribution in [0.25, 0.3) is 6.08 Å². The van der Waals surface area contributed by atoms with Gasteiger partial charge in [0.15, 0.2) is 18.1 Å². The van der Waals surface area contributed by atoms with Gasteiger partial charge >= 0.3 is 0 Å². The summed E-state index contributed by atoms with van der Waals surface area (Å²) < 4.78 is 11.1. The Morgan fingerprint density at radius 1 is 1.00 bits per heavy atom. The van der Waals surface area contributed by atoms with Gasteiger partial charge in [-0.3, -0.25) is 24.1 Å². The van der Waals surface area contributed by atoms with Crippen molar-refractivity contribution in [2.75, 3.05) is 32.1 Å². The number of thioether (sulfide) groups is 1. The van der Waals surface area contributed by atoms with E-state index in [1.165, 1.54) is 12.7 Å². The van der Waals surface area contributed by atoms with Crippen LogP contribution in [0.4, 0.5) is 10.5 Å². The minimum absolute atomic E-state index is 0.209. The van der Waals surface area contributed by atoms with Crippen LogP contribution in [0.2, 0.25) is 0 Å². The van der Waals surface area contributed by atoms with E-state index in [0.717, 1.165) is 45.5 Å². The number of ether oxygens (including phenoxy) is 2. The van der Waals surface area contributed by atoms with Crippen molar-refractivity contribution in [3.8, 4) is 11.5 Å². The lowest BCUT2D eigenvalue weighted by molar-refractivity contribution is -0.136. The fourth-order valence-electron chi connectivity index (χ4n) is 4.82. The van der Waals surface area contributed by atoms with Crippen molar-refractivity contribution in [1.29, 1.82) is 0 Å². The molecule has 0 atom stereocenters. The number of aryl methyl sites for hydroxylation is 2. The number of hydrogen-bond donors (Lipinski definition) is 1. The van der Waals surface area contributed by atoms with E-state index in [1.54, 1.807) is 29.2 Å². The van der Waals surface area contributed by atoms with Gasteiger partial charge in [0, 0.05) is 18.8 Å². The van der Waals surface area contributed by atoms with Gasteiger partial charge in [-0.1, -0.05) is 42.5 Å². The monoisotopic (exact) mass is 585 g/mol. The molecule has 5 rings (SSSR count). The second-order valence-corrected chi connectivity index (χ2v) is 11.2. The first kappa shape index (κ1) is 28.9. The smallest absolute Gasteiger partial charge is 0.294 e. The summed E-state index contributed by atoms with van der Waals surface area (Å²) in [6.07, 6.45) is 2.31. The minimum atomic E-state index is -0.516. The number of carbonyl (C=O) groups excluding carboxylic acids is 4. The number of nitrogens with one attached hydrogen (secondary N) is 1. The summed E-state index contributed by atoms with van der Waals surface area (Å²) in [6.45, 7) is 4.35. The topological polar surface area (TPSA) is 105 Å². The molecule has 0 unspecified atom stereocenters. The van der Waals surface area contributed by atoms with E-state index in [4.69, 9.17) is 9.47 Å². The molecule has 4 amide bonds. The molecule has 216 valence electrons. The largest absolute Gasteiger partial charge is 0.493 e. The predicted molar refractivity (Wildman–Crippen MR) is 161 cm³/mol. The van der Waals surface area contributed by atoms with E-state index in [-0.39, 0.29) is 29.9 Å². The van der Waals surface area contributed by atoms with Crippen LogP contribution in [0.1, 0.15) is 27.8 Å². The van der Waals surface area contributed by atoms with Crippen LogP contribution in [0.3, 0.4) is 0 Å². The first-order chi connectivity index (χ1) is 20.2. The Balaban J connectivity index is 1.21. The van der Waals surface area contributed by atoms with Gasteiger partial charge in [-0.05, 0) is 84.1 Å². The molecule has 0 bridgehead atoms. The summed E-state index contributed by atoms with van der Waals surface area (Å²) in [5.74, 6) is -0.376. The Labute approximate surface area is 248 Å². The highest BCUT2D eigenvalue weighted by molar-refractivity contribution is 8.18. The number of carbonyl (C=O) groups is 4. The van der Waals surface area contributed by atoms with Gasteiger partial charge in [0.1, 0.15) is 6.54 Å². The molecule has 1 saturated heterocycles. The van der Waals surface area contributed by atoms with Crippen LogP contribution in [-0.4, -0.2) is 59.6 Å². The van der Waals surface area contributed by atoms with E-state index in [1.807, 2.05) is 50.2 Å². The first-order valence-electron chi connectivity index (χ1n) is 13.5. The van der Waals surface area contributed by atoms with Crippen LogP contribution < -0.4 is 14.8 Å². The summed E-state index contributed by atoms with van der Waals surface area (Å²) in [4.78, 5) is 54.1. The third kappa shape index (κ3) is 6.49. The molecule has 3 aromatic rings. The summed E-state index contributed by atoms with van der Waals surface area (Å²) in [5, 5.41) is 2.36. The highest BCUT2D eigenvalue weighted by Crippen LogP contribution is 2.35. The van der Waals surface area contributed by atoms with Gasteiger partial charge in [0.2, 0.25) is 5.91 Å². The van der Waals surface area contributed by atoms with E-state index >= 15 is 0 Å². The average Bonchev–Trinajstić information content (AvgIpc) is 3.25. The molecule has 1 fully saturated rings. The van der Waals surface area contributed by atoms with Crippen molar-refractivity contribution >= 4 is 46.5 Å². The van der Waals surface area contributed by atoms with Gasteiger partial charge < -0.3 is 19.7 Å². The number of anilines is 1. The lowest BCUT2D eigenvalue weighted by atomic mass is 10.00. The molecule has 1 N–H and O–H groups in total. The van der Waals surface area contributed by atoms with Crippen LogP contribution in [0, 0.1) is 13.8 Å². The Kier molecular flexibility index (Phi) is 8.63. The molecule has 42 heavy (non-hydrogen) atoms. The molecule has 9 nitrogen and oxygen atoms in total. The highest BCUT2D eigenvalue weighted by atomic mass is 32.2. The maximum absolute atomic E-state index is 13.1. The molecule has 2 aliphatic rings. The zero-order chi connectivity index (χ0) is 29.8. The number of fused-ring (bicyclic) bond motifs is 1. The molecule has 0 aromatic heterocycles. The maximum Gasteiger partial charge on any atom is 0.294 e. The summed E-state index contributed by atoms with van der Waals surface area (Å²) in [6, 6.07) is 18.8. The molecule has 2 aliphatic heterocycles. The highest BCUT2D eigenvalue weighted by Gasteiger charge is 2.37. The first-order valence-corrected chi connectivity index (χ1v) is 14.3. The summed E-state index contributed by atoms with van der Waals surface area (Å²) >= 11 is 0.791. The van der Waals surface area contributed by atoms with Crippen molar-refractivity contribution < 1.29 is 28.7 Å². The number of benzene rings is 3. The second-order valence-electron chi connectivity index (χ2n) is 10.2. The van der Waals surface area contributed by atoms with E-state index < -0.39 is 11.1 Å². The molecule has 0 radical (unpaired) electrons. The lowest BCUT2D eigenvalue weighted by Crippen LogP contribution is -2.44. The van der Waals surface area contributed by atoms with Crippen molar-refractivity contribution in [3.05, 3.63) is 93.4 Å². The third-order valence-corrected chi connectivity index (χ3v) is 8.07. The van der Waals surface area contributed by atoms with E-state index in [9.17, 15) is 19.2 Å². The van der Waals surface area contributed by atoms with Crippen LogP contribution in [-0.2, 0) is 27.3 Å². The zero-order valence-corrected chi connectivity index (χ0v) is 24.5. The second kappa shape index (κ2) is 12.5. The Morgan fingerprint density at radius 2 is 1.79 bits per heavy atom. The summed E-state index contributed by atoms with van der Waals surface area (Å²) in [7, 11) is 1.47. The lowest BCUT2D eigenvalue weighted by Gasteiger charge is -2.29. The normalized spacial score (nSPS) is 15.5. The van der Waals surface area contributed by atoms with Gasteiger partial charge in [0.05, 0.1) is 12.0 Å². The third-order valence-electron chi connectivity index (χ3n) is 7.16. The van der Waals surface area contributed by atoms with Gasteiger partial charge in [-0.15, -0.1) is 0 Å². The molecule has 2 heterocycles. The van der Waals surface area contributed by atoms with E-state index in [0.29, 0.717) is 30.2 Å². The molecule has 3 aromatic carbocycles. The standard InChI is InChI=1S/C32H31N3O6S/c1-20-8-9-21(2)25(14-20)33-29(36)19-41-26-11-10-22(15-27(26)40-3)16-28-31(38)35(32(39)42-28)18-30(37)34-13-12-23-6-4-5-7-24(23)17-34/h4-11,14-16H,12-13,17-19H2,1-3H3,(H,33,36). The average molecular weight is 586 g/mol. The number of amides is 4. The fraction of sp³-hybridized carbons (Fsp3) is 0.250.